The zero-order chi connectivity index (χ0) is 11.4. The fourth-order valence-corrected chi connectivity index (χ4v) is 4.17. The lowest BCUT2D eigenvalue weighted by Crippen LogP contribution is -2.34. The molecule has 15 heavy (non-hydrogen) atoms. The van der Waals surface area contributed by atoms with E-state index in [1.54, 1.807) is 11.8 Å². The molecule has 0 aromatic heterocycles. The lowest BCUT2D eigenvalue weighted by atomic mass is 10.3. The van der Waals surface area contributed by atoms with Crippen LogP contribution in [0.25, 0.3) is 0 Å². The summed E-state index contributed by atoms with van der Waals surface area (Å²) in [6.07, 6.45) is 0.145. The van der Waals surface area contributed by atoms with E-state index in [9.17, 15) is 4.79 Å². The van der Waals surface area contributed by atoms with Gasteiger partial charge in [0.2, 0.25) is 0 Å². The summed E-state index contributed by atoms with van der Waals surface area (Å²) < 4.78 is 5.35. The summed E-state index contributed by atoms with van der Waals surface area (Å²) in [5.74, 6) is 1.19. The fourth-order valence-electron chi connectivity index (χ4n) is 1.29. The third-order valence-electron chi connectivity index (χ3n) is 2.47. The molecular weight excluding hydrogens is 228 g/mol. The number of ether oxygens (including phenoxy) is 1. The van der Waals surface area contributed by atoms with E-state index in [0.29, 0.717) is 10.5 Å². The van der Waals surface area contributed by atoms with Gasteiger partial charge < -0.3 is 4.74 Å². The number of carbonyl (C=O) groups excluding carboxylic acids is 1. The second-order valence-corrected chi connectivity index (χ2v) is 7.19. The van der Waals surface area contributed by atoms with Gasteiger partial charge in [-0.2, -0.15) is 11.8 Å². The Hall–Kier alpha value is 0.330. The molecule has 1 aliphatic rings. The van der Waals surface area contributed by atoms with Crippen LogP contribution in [0, 0.1) is 0 Å². The number of hydrogen-bond donors (Lipinski definition) is 0. The summed E-state index contributed by atoms with van der Waals surface area (Å²) in [4.78, 5) is 11.8. The highest BCUT2D eigenvalue weighted by Crippen LogP contribution is 2.35. The van der Waals surface area contributed by atoms with E-state index in [-0.39, 0.29) is 23.7 Å². The molecule has 1 heterocycles. The Labute approximate surface area is 101 Å². The summed E-state index contributed by atoms with van der Waals surface area (Å²) in [6, 6.07) is 0. The minimum atomic E-state index is 0.139. The average Bonchev–Trinajstić information content (AvgIpc) is 2.18. The van der Waals surface area contributed by atoms with Crippen molar-refractivity contribution in [3.05, 3.63) is 0 Å². The molecule has 1 fully saturated rings. The van der Waals surface area contributed by atoms with Crippen molar-refractivity contribution >= 4 is 29.3 Å². The summed E-state index contributed by atoms with van der Waals surface area (Å²) in [5.41, 5.74) is 0. The molecule has 0 saturated carbocycles. The van der Waals surface area contributed by atoms with Gasteiger partial charge in [0.1, 0.15) is 6.61 Å². The maximum absolute atomic E-state index is 11.8. The minimum Gasteiger partial charge on any atom is -0.371 e. The Morgan fingerprint density at radius 3 is 2.60 bits per heavy atom. The summed E-state index contributed by atoms with van der Waals surface area (Å²) in [5, 5.41) is 1.36. The van der Waals surface area contributed by atoms with Crippen LogP contribution >= 0.6 is 23.5 Å². The van der Waals surface area contributed by atoms with Gasteiger partial charge in [-0.1, -0.05) is 13.8 Å². The lowest BCUT2D eigenvalue weighted by molar-refractivity contribution is -0.124. The Morgan fingerprint density at radius 2 is 2.07 bits per heavy atom. The molecule has 0 aliphatic carbocycles. The van der Waals surface area contributed by atoms with Crippen LogP contribution in [-0.2, 0) is 9.53 Å². The van der Waals surface area contributed by atoms with Crippen LogP contribution in [0.15, 0.2) is 0 Å². The quantitative estimate of drug-likeness (QED) is 0.764. The van der Waals surface area contributed by atoms with Crippen molar-refractivity contribution in [2.24, 2.45) is 0 Å². The van der Waals surface area contributed by atoms with Crippen molar-refractivity contribution in [1.82, 2.24) is 0 Å². The molecular formula is C11H20O2S2. The number of ketones is 1. The molecule has 0 N–H and O–H groups in total. The standard InChI is InChI=1S/C11H20O2S2/c1-7(2)13-5-10(12)11-6-14-8(3)9(4)15-11/h7-9,11H,5-6H2,1-4H3. The highest BCUT2D eigenvalue weighted by atomic mass is 32.2. The van der Waals surface area contributed by atoms with Crippen LogP contribution in [0.4, 0.5) is 0 Å². The van der Waals surface area contributed by atoms with Crippen molar-refractivity contribution in [3.8, 4) is 0 Å². The van der Waals surface area contributed by atoms with E-state index in [0.717, 1.165) is 5.75 Å². The molecule has 88 valence electrons. The minimum absolute atomic E-state index is 0.139. The number of hydrogen-bond acceptors (Lipinski definition) is 4. The van der Waals surface area contributed by atoms with Crippen LogP contribution in [0.2, 0.25) is 0 Å². The molecule has 4 heteroatoms. The zero-order valence-electron chi connectivity index (χ0n) is 9.86. The average molecular weight is 248 g/mol. The van der Waals surface area contributed by atoms with Crippen molar-refractivity contribution in [3.63, 3.8) is 0 Å². The van der Waals surface area contributed by atoms with Gasteiger partial charge in [-0.15, -0.1) is 11.8 Å². The Balaban J connectivity index is 2.34. The maximum Gasteiger partial charge on any atom is 0.172 e. The van der Waals surface area contributed by atoms with Crippen molar-refractivity contribution in [2.45, 2.75) is 49.5 Å². The van der Waals surface area contributed by atoms with Crippen LogP contribution in [0.5, 0.6) is 0 Å². The molecule has 0 bridgehead atoms. The molecule has 0 spiro atoms. The van der Waals surface area contributed by atoms with Crippen molar-refractivity contribution in [2.75, 3.05) is 12.4 Å². The molecule has 3 unspecified atom stereocenters. The van der Waals surface area contributed by atoms with E-state index in [1.807, 2.05) is 25.6 Å². The molecule has 0 amide bonds. The van der Waals surface area contributed by atoms with Gasteiger partial charge >= 0.3 is 0 Å². The third-order valence-corrected chi connectivity index (χ3v) is 5.91. The van der Waals surface area contributed by atoms with Crippen LogP contribution in [0.1, 0.15) is 27.7 Å². The van der Waals surface area contributed by atoms with Crippen LogP contribution in [0.3, 0.4) is 0 Å². The highest BCUT2D eigenvalue weighted by molar-refractivity contribution is 8.08. The number of rotatable bonds is 4. The first kappa shape index (κ1) is 13.4. The second kappa shape index (κ2) is 6.16. The molecule has 1 aliphatic heterocycles. The first-order chi connectivity index (χ1) is 7.00. The van der Waals surface area contributed by atoms with Gasteiger partial charge in [-0.25, -0.2) is 0 Å². The van der Waals surface area contributed by atoms with Crippen LogP contribution in [-0.4, -0.2) is 40.0 Å². The predicted octanol–water partition coefficient (Wildman–Crippen LogP) is 2.61. The number of carbonyl (C=O) groups is 1. The Morgan fingerprint density at radius 1 is 1.40 bits per heavy atom. The molecule has 3 atom stereocenters. The van der Waals surface area contributed by atoms with Gasteiger partial charge in [0, 0.05) is 16.3 Å². The summed E-state index contributed by atoms with van der Waals surface area (Å²) in [6.45, 7) is 8.62. The Bertz CT molecular complexity index is 219. The van der Waals surface area contributed by atoms with Crippen molar-refractivity contribution in [1.29, 1.82) is 0 Å². The fraction of sp³-hybridized carbons (Fsp3) is 0.909. The predicted molar refractivity (Wildman–Crippen MR) is 68.9 cm³/mol. The third kappa shape index (κ3) is 4.37. The van der Waals surface area contributed by atoms with E-state index in [2.05, 4.69) is 13.8 Å². The molecule has 0 aromatic carbocycles. The topological polar surface area (TPSA) is 26.3 Å². The molecule has 1 saturated heterocycles. The summed E-state index contributed by atoms with van der Waals surface area (Å²) in [7, 11) is 0. The molecule has 0 aromatic rings. The first-order valence-corrected chi connectivity index (χ1v) is 7.41. The van der Waals surface area contributed by atoms with Gasteiger partial charge in [-0.05, 0) is 13.8 Å². The van der Waals surface area contributed by atoms with Crippen molar-refractivity contribution < 1.29 is 9.53 Å². The van der Waals surface area contributed by atoms with Crippen LogP contribution < -0.4 is 0 Å². The summed E-state index contributed by atoms with van der Waals surface area (Å²) >= 11 is 3.70. The molecule has 2 nitrogen and oxygen atoms in total. The second-order valence-electron chi connectivity index (χ2n) is 4.19. The van der Waals surface area contributed by atoms with E-state index in [1.165, 1.54) is 0 Å². The largest absolute Gasteiger partial charge is 0.371 e. The van der Waals surface area contributed by atoms with Gasteiger partial charge in [-0.3, -0.25) is 4.79 Å². The smallest absolute Gasteiger partial charge is 0.172 e. The normalized spacial score (nSPS) is 31.9. The SMILES string of the molecule is CC(C)OCC(=O)C1CSC(C)C(C)S1. The number of thioether (sulfide) groups is 2. The Kier molecular flexibility index (Phi) is 5.50. The van der Waals surface area contributed by atoms with Gasteiger partial charge in [0.15, 0.2) is 5.78 Å². The zero-order valence-corrected chi connectivity index (χ0v) is 11.5. The molecule has 0 radical (unpaired) electrons. The highest BCUT2D eigenvalue weighted by Gasteiger charge is 2.30. The van der Waals surface area contributed by atoms with E-state index in [4.69, 9.17) is 4.74 Å². The monoisotopic (exact) mass is 248 g/mol. The van der Waals surface area contributed by atoms with Gasteiger partial charge in [0.05, 0.1) is 11.4 Å². The van der Waals surface area contributed by atoms with Gasteiger partial charge in [0.25, 0.3) is 0 Å². The van der Waals surface area contributed by atoms with E-state index >= 15 is 0 Å². The molecule has 1 rings (SSSR count). The number of Topliss-reactive ketones (excluding diaryl/α,β-unsaturated/α-hetero) is 1. The lowest BCUT2D eigenvalue weighted by Gasteiger charge is -2.30. The van der Waals surface area contributed by atoms with E-state index < -0.39 is 0 Å². The first-order valence-electron chi connectivity index (χ1n) is 5.42. The maximum atomic E-state index is 11.8.